The highest BCUT2D eigenvalue weighted by molar-refractivity contribution is 7.79. The monoisotopic (exact) mass is 326 g/mol. The van der Waals surface area contributed by atoms with Gasteiger partial charge < -0.3 is 4.74 Å². The quantitative estimate of drug-likeness (QED) is 0.438. The van der Waals surface area contributed by atoms with Gasteiger partial charge in [-0.15, -0.1) is 0 Å². The molecule has 0 fully saturated rings. The zero-order chi connectivity index (χ0) is 16.7. The minimum absolute atomic E-state index is 0.0413. The van der Waals surface area contributed by atoms with Crippen LogP contribution in [0.3, 0.4) is 0 Å². The third kappa shape index (κ3) is 4.57. The Labute approximate surface area is 141 Å². The summed E-state index contributed by atoms with van der Waals surface area (Å²) in [5.74, 6) is -0.332. The van der Waals surface area contributed by atoms with E-state index >= 15 is 0 Å². The Balaban J connectivity index is 2.01. The van der Waals surface area contributed by atoms with Gasteiger partial charge in [0.1, 0.15) is 0 Å². The number of thiocarbonyl (C=S) groups is 1. The van der Waals surface area contributed by atoms with E-state index < -0.39 is 0 Å². The van der Waals surface area contributed by atoms with Crippen molar-refractivity contribution in [2.75, 3.05) is 6.61 Å². The van der Waals surface area contributed by atoms with Crippen molar-refractivity contribution >= 4 is 29.3 Å². The fourth-order valence-electron chi connectivity index (χ4n) is 2.28. The summed E-state index contributed by atoms with van der Waals surface area (Å²) < 4.78 is 4.92. The number of benzene rings is 2. The van der Waals surface area contributed by atoms with Crippen molar-refractivity contribution in [2.24, 2.45) is 0 Å². The molecule has 0 bridgehead atoms. The molecule has 0 aliphatic carbocycles. The molecule has 0 heterocycles. The maximum Gasteiger partial charge on any atom is 0.338 e. The molecule has 0 aliphatic heterocycles. The summed E-state index contributed by atoms with van der Waals surface area (Å²) >= 11 is 4.99. The molecule has 0 aliphatic rings. The zero-order valence-corrected chi connectivity index (χ0v) is 13.8. The molecular formula is C19H18O3S. The number of Topliss-reactive ketones (excluding diaryl/α,β-unsaturated/α-hetero) is 1. The molecule has 0 saturated carbocycles. The van der Waals surface area contributed by atoms with Crippen molar-refractivity contribution in [3.63, 3.8) is 0 Å². The van der Waals surface area contributed by atoms with Crippen LogP contribution in [0.15, 0.2) is 48.5 Å². The third-order valence-electron chi connectivity index (χ3n) is 3.52. The number of carbonyl (C=O) groups is 2. The lowest BCUT2D eigenvalue weighted by Gasteiger charge is -2.06. The smallest absolute Gasteiger partial charge is 0.338 e. The maximum atomic E-state index is 12.3. The topological polar surface area (TPSA) is 43.4 Å². The van der Waals surface area contributed by atoms with Gasteiger partial charge in [-0.2, -0.15) is 0 Å². The molecule has 0 radical (unpaired) electrons. The second-order valence-corrected chi connectivity index (χ2v) is 5.27. The van der Waals surface area contributed by atoms with Crippen LogP contribution >= 0.6 is 12.2 Å². The van der Waals surface area contributed by atoms with Crippen LogP contribution in [0.5, 0.6) is 0 Å². The Kier molecular flexibility index (Phi) is 6.18. The number of hydrogen-bond donors (Lipinski definition) is 0. The number of hydrogen-bond acceptors (Lipinski definition) is 4. The van der Waals surface area contributed by atoms with E-state index in [2.05, 4.69) is 0 Å². The summed E-state index contributed by atoms with van der Waals surface area (Å²) in [6.07, 6.45) is 1.04. The Hall–Kier alpha value is -2.33. The van der Waals surface area contributed by atoms with E-state index in [4.69, 9.17) is 17.0 Å². The van der Waals surface area contributed by atoms with Crippen molar-refractivity contribution < 1.29 is 14.3 Å². The van der Waals surface area contributed by atoms with Crippen molar-refractivity contribution in [1.29, 1.82) is 0 Å². The number of rotatable bonds is 7. The lowest BCUT2D eigenvalue weighted by molar-refractivity contribution is 0.0526. The molecule has 2 rings (SSSR count). The van der Waals surface area contributed by atoms with Gasteiger partial charge in [0, 0.05) is 17.4 Å². The van der Waals surface area contributed by atoms with Gasteiger partial charge >= 0.3 is 5.97 Å². The first-order valence-electron chi connectivity index (χ1n) is 7.49. The van der Waals surface area contributed by atoms with Crippen molar-refractivity contribution in [3.8, 4) is 0 Å². The first kappa shape index (κ1) is 17.0. The highest BCUT2D eigenvalue weighted by Gasteiger charge is 2.10. The molecule has 0 N–H and O–H groups in total. The first-order valence-corrected chi connectivity index (χ1v) is 7.96. The summed E-state index contributed by atoms with van der Waals surface area (Å²) in [5, 5.41) is 1.63. The second-order valence-electron chi connectivity index (χ2n) is 5.04. The zero-order valence-electron chi connectivity index (χ0n) is 13.0. The summed E-state index contributed by atoms with van der Waals surface area (Å²) in [7, 11) is 0. The highest BCUT2D eigenvalue weighted by atomic mass is 32.1. The molecule has 0 atom stereocenters. The van der Waals surface area contributed by atoms with Crippen molar-refractivity contribution in [3.05, 3.63) is 70.8 Å². The maximum absolute atomic E-state index is 12.3. The van der Waals surface area contributed by atoms with E-state index in [1.165, 1.54) is 0 Å². The SMILES string of the molecule is CCOC(=O)c1ccc(C(=O)CCc2ccccc2C=S)cc1. The van der Waals surface area contributed by atoms with Gasteiger partial charge in [-0.1, -0.05) is 48.6 Å². The van der Waals surface area contributed by atoms with Crippen LogP contribution in [0.1, 0.15) is 45.2 Å². The van der Waals surface area contributed by atoms with E-state index in [1.807, 2.05) is 24.3 Å². The Morgan fingerprint density at radius 3 is 2.35 bits per heavy atom. The highest BCUT2D eigenvalue weighted by Crippen LogP contribution is 2.13. The van der Waals surface area contributed by atoms with Crippen molar-refractivity contribution in [1.82, 2.24) is 0 Å². The molecule has 0 amide bonds. The number of aryl methyl sites for hydroxylation is 1. The van der Waals surface area contributed by atoms with Gasteiger partial charge in [0.15, 0.2) is 5.78 Å². The average molecular weight is 326 g/mol. The lowest BCUT2D eigenvalue weighted by Crippen LogP contribution is -2.06. The van der Waals surface area contributed by atoms with E-state index in [9.17, 15) is 9.59 Å². The lowest BCUT2D eigenvalue weighted by atomic mass is 9.99. The summed E-state index contributed by atoms with van der Waals surface area (Å²) in [6.45, 7) is 2.09. The fourth-order valence-corrected chi connectivity index (χ4v) is 2.51. The molecule has 2 aromatic rings. The molecule has 118 valence electrons. The Morgan fingerprint density at radius 1 is 1.04 bits per heavy atom. The van der Waals surface area contributed by atoms with Crippen LogP contribution in [0, 0.1) is 0 Å². The molecule has 0 saturated heterocycles. The third-order valence-corrected chi connectivity index (χ3v) is 3.78. The van der Waals surface area contributed by atoms with Crippen LogP contribution in [0.2, 0.25) is 0 Å². The average Bonchev–Trinajstić information content (AvgIpc) is 2.60. The van der Waals surface area contributed by atoms with Crippen LogP contribution in [-0.2, 0) is 11.2 Å². The minimum atomic E-state index is -0.374. The standard InChI is InChI=1S/C19H18O3S/c1-2-22-19(21)16-9-7-15(8-10-16)18(20)12-11-14-5-3-4-6-17(14)13-23/h3-10,13H,2,11-12H2,1H3. The van der Waals surface area contributed by atoms with E-state index in [0.29, 0.717) is 30.6 Å². The van der Waals surface area contributed by atoms with Gasteiger partial charge in [0.2, 0.25) is 0 Å². The van der Waals surface area contributed by atoms with E-state index in [0.717, 1.165) is 11.1 Å². The van der Waals surface area contributed by atoms with Gasteiger partial charge in [-0.3, -0.25) is 4.79 Å². The Bertz CT molecular complexity index is 705. The molecule has 0 spiro atoms. The molecule has 3 nitrogen and oxygen atoms in total. The van der Waals surface area contributed by atoms with Crippen LogP contribution < -0.4 is 0 Å². The second kappa shape index (κ2) is 8.34. The number of esters is 1. The van der Waals surface area contributed by atoms with Crippen molar-refractivity contribution in [2.45, 2.75) is 19.8 Å². The van der Waals surface area contributed by atoms with Crippen LogP contribution in [-0.4, -0.2) is 23.7 Å². The molecule has 4 heteroatoms. The first-order chi connectivity index (χ1) is 11.2. The molecule has 23 heavy (non-hydrogen) atoms. The Morgan fingerprint density at radius 2 is 1.70 bits per heavy atom. The summed E-state index contributed by atoms with van der Waals surface area (Å²) in [4.78, 5) is 23.9. The van der Waals surface area contributed by atoms with Crippen LogP contribution in [0.4, 0.5) is 0 Å². The molecule has 0 unspecified atom stereocenters. The predicted octanol–water partition coefficient (Wildman–Crippen LogP) is 4.03. The fraction of sp³-hybridized carbons (Fsp3) is 0.211. The number of ether oxygens (including phenoxy) is 1. The van der Waals surface area contributed by atoms with Gasteiger partial charge in [-0.25, -0.2) is 4.79 Å². The molecular weight excluding hydrogens is 308 g/mol. The molecule has 0 aromatic heterocycles. The summed E-state index contributed by atoms with van der Waals surface area (Å²) in [5.41, 5.74) is 3.10. The molecule has 2 aromatic carbocycles. The largest absolute Gasteiger partial charge is 0.462 e. The number of carbonyl (C=O) groups excluding carboxylic acids is 2. The van der Waals surface area contributed by atoms with Gasteiger partial charge in [0.25, 0.3) is 0 Å². The van der Waals surface area contributed by atoms with E-state index in [-0.39, 0.29) is 11.8 Å². The van der Waals surface area contributed by atoms with Crippen LogP contribution in [0.25, 0.3) is 0 Å². The summed E-state index contributed by atoms with van der Waals surface area (Å²) in [6, 6.07) is 14.4. The normalized spacial score (nSPS) is 10.1. The number of ketones is 1. The van der Waals surface area contributed by atoms with Gasteiger partial charge in [-0.05, 0) is 36.6 Å². The van der Waals surface area contributed by atoms with Gasteiger partial charge in [0.05, 0.1) is 12.2 Å². The minimum Gasteiger partial charge on any atom is -0.462 e. The van der Waals surface area contributed by atoms with E-state index in [1.54, 1.807) is 36.6 Å². The predicted molar refractivity (Wildman–Crippen MR) is 94.2 cm³/mol.